The van der Waals surface area contributed by atoms with Crippen LogP contribution in [0, 0.1) is 0 Å². The van der Waals surface area contributed by atoms with E-state index in [0.717, 1.165) is 4.88 Å². The quantitative estimate of drug-likeness (QED) is 0.570. The second-order valence-electron chi connectivity index (χ2n) is 4.16. The molecule has 2 heterocycles. The van der Waals surface area contributed by atoms with Gasteiger partial charge in [-0.05, 0) is 17.5 Å². The van der Waals surface area contributed by atoms with Gasteiger partial charge in [0.05, 0.1) is 11.6 Å². The lowest BCUT2D eigenvalue weighted by atomic mass is 10.1. The van der Waals surface area contributed by atoms with Crippen LogP contribution in [0.25, 0.3) is 10.8 Å². The fourth-order valence-corrected chi connectivity index (χ4v) is 2.44. The van der Waals surface area contributed by atoms with Crippen molar-refractivity contribution in [2.75, 3.05) is 0 Å². The van der Waals surface area contributed by atoms with Gasteiger partial charge in [0.25, 0.3) is 11.5 Å². The van der Waals surface area contributed by atoms with E-state index in [4.69, 9.17) is 0 Å². The van der Waals surface area contributed by atoms with Gasteiger partial charge >= 0.3 is 0 Å². The highest BCUT2D eigenvalue weighted by Gasteiger charge is 2.12. The molecule has 0 aliphatic heterocycles. The Morgan fingerprint density at radius 2 is 2.05 bits per heavy atom. The summed E-state index contributed by atoms with van der Waals surface area (Å²) in [5.41, 5.74) is 2.20. The Balaban J connectivity index is 1.88. The van der Waals surface area contributed by atoms with Gasteiger partial charge in [-0.25, -0.2) is 10.5 Å². The van der Waals surface area contributed by atoms with Crippen molar-refractivity contribution in [3.05, 3.63) is 62.7 Å². The molecule has 0 saturated heterocycles. The summed E-state index contributed by atoms with van der Waals surface area (Å²) >= 11 is 1.51. The number of hydrazone groups is 1. The van der Waals surface area contributed by atoms with E-state index in [1.807, 2.05) is 17.5 Å². The predicted molar refractivity (Wildman–Crippen MR) is 81.7 cm³/mol. The number of fused-ring (bicyclic) bond motifs is 1. The first kappa shape index (κ1) is 13.2. The molecule has 7 heteroatoms. The Labute approximate surface area is 123 Å². The molecule has 0 bridgehead atoms. The summed E-state index contributed by atoms with van der Waals surface area (Å²) in [6.45, 7) is 0. The standard InChI is InChI=1S/C14H10N4O2S/c19-13-11-6-2-1-5-10(11)12(16-18-13)14(20)17-15-8-9-4-3-7-21-9/h1-8H,(H,17,20)(H,18,19). The summed E-state index contributed by atoms with van der Waals surface area (Å²) in [7, 11) is 0. The van der Waals surface area contributed by atoms with Crippen molar-refractivity contribution < 1.29 is 4.79 Å². The van der Waals surface area contributed by atoms with Gasteiger partial charge < -0.3 is 0 Å². The molecule has 3 aromatic rings. The van der Waals surface area contributed by atoms with Crippen LogP contribution in [0.2, 0.25) is 0 Å². The molecule has 2 aromatic heterocycles. The zero-order valence-corrected chi connectivity index (χ0v) is 11.6. The van der Waals surface area contributed by atoms with Crippen LogP contribution in [0.5, 0.6) is 0 Å². The van der Waals surface area contributed by atoms with Gasteiger partial charge in [0.1, 0.15) is 0 Å². The van der Waals surface area contributed by atoms with Crippen molar-refractivity contribution in [3.8, 4) is 0 Å². The molecule has 0 saturated carbocycles. The van der Waals surface area contributed by atoms with E-state index in [2.05, 4.69) is 20.7 Å². The SMILES string of the molecule is O=C(NN=Cc1cccs1)c1n[nH]c(=O)c2ccccc12. The van der Waals surface area contributed by atoms with E-state index in [0.29, 0.717) is 10.8 Å². The topological polar surface area (TPSA) is 87.2 Å². The van der Waals surface area contributed by atoms with E-state index >= 15 is 0 Å². The smallest absolute Gasteiger partial charge is 0.267 e. The third-order valence-electron chi connectivity index (χ3n) is 2.81. The summed E-state index contributed by atoms with van der Waals surface area (Å²) in [5.74, 6) is -0.477. The van der Waals surface area contributed by atoms with Gasteiger partial charge in [-0.15, -0.1) is 11.3 Å². The van der Waals surface area contributed by atoms with Crippen LogP contribution in [0.4, 0.5) is 0 Å². The zero-order chi connectivity index (χ0) is 14.7. The lowest BCUT2D eigenvalue weighted by molar-refractivity contribution is 0.0951. The number of nitrogens with one attached hydrogen (secondary N) is 2. The Hall–Kier alpha value is -2.80. The van der Waals surface area contributed by atoms with E-state index in [-0.39, 0.29) is 11.3 Å². The molecule has 1 aromatic carbocycles. The molecule has 3 rings (SSSR count). The number of rotatable bonds is 3. The summed E-state index contributed by atoms with van der Waals surface area (Å²) in [5, 5.41) is 12.8. The van der Waals surface area contributed by atoms with Crippen LogP contribution >= 0.6 is 11.3 Å². The van der Waals surface area contributed by atoms with Gasteiger partial charge in [-0.3, -0.25) is 9.59 Å². The van der Waals surface area contributed by atoms with Crippen molar-refractivity contribution in [1.82, 2.24) is 15.6 Å². The van der Waals surface area contributed by atoms with Crippen LogP contribution in [-0.4, -0.2) is 22.3 Å². The van der Waals surface area contributed by atoms with E-state index in [9.17, 15) is 9.59 Å². The highest BCUT2D eigenvalue weighted by Crippen LogP contribution is 2.12. The molecular weight excluding hydrogens is 288 g/mol. The average Bonchev–Trinajstić information content (AvgIpc) is 3.01. The Morgan fingerprint density at radius 1 is 1.24 bits per heavy atom. The maximum absolute atomic E-state index is 12.1. The molecule has 0 atom stereocenters. The van der Waals surface area contributed by atoms with Gasteiger partial charge in [0.15, 0.2) is 5.69 Å². The third-order valence-corrected chi connectivity index (χ3v) is 3.62. The number of thiophene rings is 1. The van der Waals surface area contributed by atoms with E-state index in [1.165, 1.54) is 11.3 Å². The highest BCUT2D eigenvalue weighted by molar-refractivity contribution is 7.11. The monoisotopic (exact) mass is 298 g/mol. The number of hydrogen-bond acceptors (Lipinski definition) is 5. The summed E-state index contributed by atoms with van der Waals surface area (Å²) in [6, 6.07) is 10.6. The number of carbonyl (C=O) groups is 1. The minimum absolute atomic E-state index is 0.133. The number of H-pyrrole nitrogens is 1. The molecule has 104 valence electrons. The molecule has 6 nitrogen and oxygen atoms in total. The first-order valence-electron chi connectivity index (χ1n) is 6.10. The second-order valence-corrected chi connectivity index (χ2v) is 5.14. The lowest BCUT2D eigenvalue weighted by Gasteiger charge is -2.02. The summed E-state index contributed by atoms with van der Waals surface area (Å²) < 4.78 is 0. The third kappa shape index (κ3) is 2.72. The van der Waals surface area contributed by atoms with Crippen molar-refractivity contribution in [2.24, 2.45) is 5.10 Å². The van der Waals surface area contributed by atoms with Crippen molar-refractivity contribution >= 4 is 34.2 Å². The molecule has 1 amide bonds. The molecule has 0 radical (unpaired) electrons. The van der Waals surface area contributed by atoms with Crippen LogP contribution in [0.1, 0.15) is 15.4 Å². The first-order valence-corrected chi connectivity index (χ1v) is 6.98. The largest absolute Gasteiger partial charge is 0.292 e. The van der Waals surface area contributed by atoms with Gasteiger partial charge in [-0.1, -0.05) is 24.3 Å². The molecule has 0 fully saturated rings. The van der Waals surface area contributed by atoms with Crippen LogP contribution in [0.15, 0.2) is 51.7 Å². The Bertz CT molecular complexity index is 868. The fraction of sp³-hybridized carbons (Fsp3) is 0. The molecule has 0 aliphatic carbocycles. The molecule has 0 unspecified atom stereocenters. The van der Waals surface area contributed by atoms with Gasteiger partial charge in [0, 0.05) is 10.3 Å². The minimum Gasteiger partial charge on any atom is -0.267 e. The number of aromatic nitrogens is 2. The van der Waals surface area contributed by atoms with E-state index < -0.39 is 5.91 Å². The zero-order valence-electron chi connectivity index (χ0n) is 10.7. The van der Waals surface area contributed by atoms with Gasteiger partial charge in [-0.2, -0.15) is 10.2 Å². The predicted octanol–water partition coefficient (Wildman–Crippen LogP) is 1.75. The lowest BCUT2D eigenvalue weighted by Crippen LogP contribution is -2.22. The van der Waals surface area contributed by atoms with Crippen molar-refractivity contribution in [3.63, 3.8) is 0 Å². The van der Waals surface area contributed by atoms with E-state index in [1.54, 1.807) is 30.5 Å². The second kappa shape index (κ2) is 5.68. The maximum Gasteiger partial charge on any atom is 0.292 e. The number of amides is 1. The highest BCUT2D eigenvalue weighted by atomic mass is 32.1. The number of benzene rings is 1. The number of nitrogens with zero attached hydrogens (tertiary/aromatic N) is 2. The molecule has 0 spiro atoms. The number of hydrogen-bond donors (Lipinski definition) is 2. The first-order chi connectivity index (χ1) is 10.3. The molecular formula is C14H10N4O2S. The normalized spacial score (nSPS) is 11.0. The Kier molecular flexibility index (Phi) is 3.57. The van der Waals surface area contributed by atoms with Crippen molar-refractivity contribution in [1.29, 1.82) is 0 Å². The van der Waals surface area contributed by atoms with Crippen molar-refractivity contribution in [2.45, 2.75) is 0 Å². The maximum atomic E-state index is 12.1. The molecule has 21 heavy (non-hydrogen) atoms. The minimum atomic E-state index is -0.477. The van der Waals surface area contributed by atoms with Crippen LogP contribution in [0.3, 0.4) is 0 Å². The Morgan fingerprint density at radius 3 is 2.81 bits per heavy atom. The van der Waals surface area contributed by atoms with Crippen LogP contribution < -0.4 is 11.0 Å². The van der Waals surface area contributed by atoms with Crippen LogP contribution in [-0.2, 0) is 0 Å². The summed E-state index contributed by atoms with van der Waals surface area (Å²) in [4.78, 5) is 24.7. The number of carbonyl (C=O) groups excluding carboxylic acids is 1. The molecule has 2 N–H and O–H groups in total. The van der Waals surface area contributed by atoms with Gasteiger partial charge in [0.2, 0.25) is 0 Å². The average molecular weight is 298 g/mol. The fourth-order valence-electron chi connectivity index (χ4n) is 1.86. The molecule has 0 aliphatic rings. The summed E-state index contributed by atoms with van der Waals surface area (Å²) in [6.07, 6.45) is 1.55. The number of aromatic amines is 1.